The molecule has 2 N–H and O–H groups in total. The molecular formula is C13H16N2OS. The molecule has 1 heterocycles. The largest absolute Gasteiger partial charge is 0.508 e. The average Bonchev–Trinajstić information content (AvgIpc) is 2.86. The second-order valence-corrected chi connectivity index (χ2v) is 4.77. The van der Waals surface area contributed by atoms with Gasteiger partial charge in [0, 0.05) is 23.7 Å². The molecule has 4 heteroatoms. The molecule has 0 saturated carbocycles. The van der Waals surface area contributed by atoms with E-state index in [2.05, 4.69) is 17.2 Å². The topological polar surface area (TPSA) is 45.1 Å². The second kappa shape index (κ2) is 5.80. The fraction of sp³-hybridized carbons (Fsp3) is 0.308. The third kappa shape index (κ3) is 3.05. The molecule has 1 aromatic carbocycles. The Labute approximate surface area is 105 Å². The number of phenolic OH excluding ortho intramolecular Hbond substituents is 1. The predicted octanol–water partition coefficient (Wildman–Crippen LogP) is 3.09. The summed E-state index contributed by atoms with van der Waals surface area (Å²) in [5, 5.41) is 16.2. The fourth-order valence-electron chi connectivity index (χ4n) is 1.71. The first-order valence-corrected chi connectivity index (χ1v) is 6.59. The highest BCUT2D eigenvalue weighted by atomic mass is 32.1. The Hall–Kier alpha value is -1.39. The minimum absolute atomic E-state index is 0.259. The van der Waals surface area contributed by atoms with E-state index in [0.29, 0.717) is 12.3 Å². The molecule has 0 amide bonds. The lowest BCUT2D eigenvalue weighted by Crippen LogP contribution is -2.20. The molecule has 1 unspecified atom stereocenters. The molecular weight excluding hydrogens is 232 g/mol. The quantitative estimate of drug-likeness (QED) is 0.854. The number of hydrogen-bond donors (Lipinski definition) is 2. The van der Waals surface area contributed by atoms with Crippen LogP contribution in [0.4, 0.5) is 0 Å². The van der Waals surface area contributed by atoms with Crippen molar-refractivity contribution < 1.29 is 5.11 Å². The summed E-state index contributed by atoms with van der Waals surface area (Å²) < 4.78 is 0. The van der Waals surface area contributed by atoms with E-state index in [1.807, 2.05) is 29.8 Å². The van der Waals surface area contributed by atoms with E-state index < -0.39 is 0 Å². The summed E-state index contributed by atoms with van der Waals surface area (Å²) in [5.74, 6) is 0.342. The highest BCUT2D eigenvalue weighted by Gasteiger charge is 2.11. The number of nitrogens with one attached hydrogen (secondary N) is 1. The smallest absolute Gasteiger partial charge is 0.120 e. The fourth-order valence-corrected chi connectivity index (χ4v) is 2.50. The number of phenols is 1. The summed E-state index contributed by atoms with van der Waals surface area (Å²) >= 11 is 1.66. The summed E-state index contributed by atoms with van der Waals surface area (Å²) in [5.41, 5.74) is 0.919. The molecule has 0 aliphatic heterocycles. The van der Waals surface area contributed by atoms with Crippen LogP contribution in [0.3, 0.4) is 0 Å². The molecule has 0 saturated heterocycles. The molecule has 1 aromatic heterocycles. The first-order valence-electron chi connectivity index (χ1n) is 5.71. The van der Waals surface area contributed by atoms with Gasteiger partial charge in [-0.05, 0) is 12.5 Å². The standard InChI is InChI=1S/C13H16N2OS/c1-2-11(13-14-7-8-17-13)15-9-10-5-3-4-6-12(10)16/h3-8,11,15-16H,2,9H2,1H3. The molecule has 0 aliphatic carbocycles. The van der Waals surface area contributed by atoms with E-state index in [1.165, 1.54) is 0 Å². The molecule has 90 valence electrons. The minimum Gasteiger partial charge on any atom is -0.508 e. The number of thiazole rings is 1. The third-order valence-corrected chi connectivity index (χ3v) is 3.58. The molecule has 2 rings (SSSR count). The van der Waals surface area contributed by atoms with Gasteiger partial charge < -0.3 is 10.4 Å². The third-order valence-electron chi connectivity index (χ3n) is 2.69. The van der Waals surface area contributed by atoms with Crippen molar-refractivity contribution in [3.05, 3.63) is 46.4 Å². The summed E-state index contributed by atoms with van der Waals surface area (Å²) in [6.45, 7) is 2.79. The first kappa shape index (κ1) is 12.1. The van der Waals surface area contributed by atoms with Gasteiger partial charge in [-0.25, -0.2) is 4.98 Å². The number of aromatic hydroxyl groups is 1. The van der Waals surface area contributed by atoms with Gasteiger partial charge in [0.05, 0.1) is 6.04 Å². The normalized spacial score (nSPS) is 12.5. The van der Waals surface area contributed by atoms with E-state index in [9.17, 15) is 5.11 Å². The van der Waals surface area contributed by atoms with E-state index in [1.54, 1.807) is 17.4 Å². The maximum atomic E-state index is 9.67. The average molecular weight is 248 g/mol. The van der Waals surface area contributed by atoms with Crippen LogP contribution in [0.15, 0.2) is 35.8 Å². The van der Waals surface area contributed by atoms with E-state index in [0.717, 1.165) is 17.0 Å². The maximum Gasteiger partial charge on any atom is 0.120 e. The van der Waals surface area contributed by atoms with Crippen molar-refractivity contribution in [3.63, 3.8) is 0 Å². The molecule has 0 aliphatic rings. The Morgan fingerprint density at radius 2 is 2.24 bits per heavy atom. The van der Waals surface area contributed by atoms with Crippen LogP contribution in [0.5, 0.6) is 5.75 Å². The summed E-state index contributed by atoms with van der Waals surface area (Å²) in [7, 11) is 0. The highest BCUT2D eigenvalue weighted by Crippen LogP contribution is 2.21. The second-order valence-electron chi connectivity index (χ2n) is 3.84. The summed E-state index contributed by atoms with van der Waals surface area (Å²) in [4.78, 5) is 4.32. The van der Waals surface area contributed by atoms with Crippen LogP contribution in [0.1, 0.15) is 30.0 Å². The van der Waals surface area contributed by atoms with Crippen molar-refractivity contribution >= 4 is 11.3 Å². The number of nitrogens with zero attached hydrogens (tertiary/aromatic N) is 1. The van der Waals surface area contributed by atoms with Crippen molar-refractivity contribution in [2.24, 2.45) is 0 Å². The first-order chi connectivity index (χ1) is 8.31. The Morgan fingerprint density at radius 3 is 2.88 bits per heavy atom. The lowest BCUT2D eigenvalue weighted by Gasteiger charge is -2.14. The summed E-state index contributed by atoms with van der Waals surface area (Å²) in [6, 6.07) is 7.66. The van der Waals surface area contributed by atoms with Crippen LogP contribution >= 0.6 is 11.3 Å². The zero-order valence-electron chi connectivity index (χ0n) is 9.76. The van der Waals surface area contributed by atoms with Gasteiger partial charge in [0.15, 0.2) is 0 Å². The van der Waals surface area contributed by atoms with Crippen LogP contribution in [-0.2, 0) is 6.54 Å². The van der Waals surface area contributed by atoms with Crippen LogP contribution in [0.25, 0.3) is 0 Å². The monoisotopic (exact) mass is 248 g/mol. The van der Waals surface area contributed by atoms with Gasteiger partial charge in [-0.3, -0.25) is 0 Å². The Kier molecular flexibility index (Phi) is 4.12. The van der Waals surface area contributed by atoms with E-state index in [4.69, 9.17) is 0 Å². The number of benzene rings is 1. The van der Waals surface area contributed by atoms with Crippen LogP contribution in [0, 0.1) is 0 Å². The predicted molar refractivity (Wildman–Crippen MR) is 70.1 cm³/mol. The van der Waals surface area contributed by atoms with Gasteiger partial charge in [-0.2, -0.15) is 0 Å². The van der Waals surface area contributed by atoms with Gasteiger partial charge in [-0.1, -0.05) is 25.1 Å². The molecule has 0 fully saturated rings. The zero-order chi connectivity index (χ0) is 12.1. The molecule has 0 bridgehead atoms. The summed E-state index contributed by atoms with van der Waals surface area (Å²) in [6.07, 6.45) is 2.81. The van der Waals surface area contributed by atoms with Crippen molar-refractivity contribution in [1.82, 2.24) is 10.3 Å². The van der Waals surface area contributed by atoms with Crippen molar-refractivity contribution in [2.45, 2.75) is 25.9 Å². The van der Waals surface area contributed by atoms with Crippen LogP contribution < -0.4 is 5.32 Å². The SMILES string of the molecule is CCC(NCc1ccccc1O)c1nccs1. The zero-order valence-corrected chi connectivity index (χ0v) is 10.6. The molecule has 1 atom stereocenters. The lowest BCUT2D eigenvalue weighted by molar-refractivity contribution is 0.454. The minimum atomic E-state index is 0.259. The molecule has 0 spiro atoms. The lowest BCUT2D eigenvalue weighted by atomic mass is 10.1. The Bertz CT molecular complexity index is 456. The van der Waals surface area contributed by atoms with Gasteiger partial charge in [0.25, 0.3) is 0 Å². The maximum absolute atomic E-state index is 9.67. The van der Waals surface area contributed by atoms with Crippen LogP contribution in [0.2, 0.25) is 0 Å². The van der Waals surface area contributed by atoms with Gasteiger partial charge in [0.2, 0.25) is 0 Å². The Balaban J connectivity index is 2.00. The highest BCUT2D eigenvalue weighted by molar-refractivity contribution is 7.09. The van der Waals surface area contributed by atoms with Gasteiger partial charge in [0.1, 0.15) is 10.8 Å². The van der Waals surface area contributed by atoms with Gasteiger partial charge >= 0.3 is 0 Å². The van der Waals surface area contributed by atoms with E-state index in [-0.39, 0.29) is 6.04 Å². The van der Waals surface area contributed by atoms with Crippen molar-refractivity contribution in [1.29, 1.82) is 0 Å². The van der Waals surface area contributed by atoms with Crippen LogP contribution in [-0.4, -0.2) is 10.1 Å². The molecule has 2 aromatic rings. The number of para-hydroxylation sites is 1. The molecule has 0 radical (unpaired) electrons. The van der Waals surface area contributed by atoms with Crippen molar-refractivity contribution in [3.8, 4) is 5.75 Å². The number of hydrogen-bond acceptors (Lipinski definition) is 4. The van der Waals surface area contributed by atoms with Crippen molar-refractivity contribution in [2.75, 3.05) is 0 Å². The molecule has 3 nitrogen and oxygen atoms in total. The number of rotatable bonds is 5. The molecule has 17 heavy (non-hydrogen) atoms. The van der Waals surface area contributed by atoms with E-state index >= 15 is 0 Å². The van der Waals surface area contributed by atoms with Gasteiger partial charge in [-0.15, -0.1) is 11.3 Å². The number of aromatic nitrogens is 1. The Morgan fingerprint density at radius 1 is 1.41 bits per heavy atom.